The van der Waals surface area contributed by atoms with Crippen molar-refractivity contribution in [3.63, 3.8) is 0 Å². The summed E-state index contributed by atoms with van der Waals surface area (Å²) in [5.41, 5.74) is 0.0450. The first kappa shape index (κ1) is 14.0. The van der Waals surface area contributed by atoms with Crippen molar-refractivity contribution < 1.29 is 19.5 Å². The van der Waals surface area contributed by atoms with Crippen LogP contribution in [0.4, 0.5) is 0 Å². The van der Waals surface area contributed by atoms with Gasteiger partial charge in [-0.2, -0.15) is 0 Å². The van der Waals surface area contributed by atoms with Gasteiger partial charge in [0.2, 0.25) is 5.91 Å². The van der Waals surface area contributed by atoms with Crippen LogP contribution >= 0.6 is 0 Å². The first-order valence-corrected chi connectivity index (χ1v) is 6.12. The standard InChI is InChI=1S/C11H15N5O4/c1-14-3-2-4-15(6-9(14)17)11(20)8-5-16(13-12-8)7-10(18)19/h5H,2-4,6-7H2,1H3,(H,18,19). The summed E-state index contributed by atoms with van der Waals surface area (Å²) in [6, 6.07) is 0. The highest BCUT2D eigenvalue weighted by atomic mass is 16.4. The van der Waals surface area contributed by atoms with Crippen molar-refractivity contribution in [2.24, 2.45) is 0 Å². The highest BCUT2D eigenvalue weighted by Crippen LogP contribution is 2.07. The summed E-state index contributed by atoms with van der Waals surface area (Å²) in [6.45, 7) is 0.706. The molecule has 0 unspecified atom stereocenters. The van der Waals surface area contributed by atoms with Crippen LogP contribution in [0.15, 0.2) is 6.20 Å². The molecule has 9 nitrogen and oxygen atoms in total. The van der Waals surface area contributed by atoms with Gasteiger partial charge in [-0.15, -0.1) is 5.10 Å². The van der Waals surface area contributed by atoms with Crippen LogP contribution in [0.2, 0.25) is 0 Å². The monoisotopic (exact) mass is 281 g/mol. The van der Waals surface area contributed by atoms with Crippen molar-refractivity contribution in [1.82, 2.24) is 24.8 Å². The smallest absolute Gasteiger partial charge is 0.325 e. The zero-order chi connectivity index (χ0) is 14.7. The predicted octanol–water partition coefficient (Wildman–Crippen LogP) is -1.33. The number of carboxylic acid groups (broad SMARTS) is 1. The molecule has 1 aliphatic heterocycles. The summed E-state index contributed by atoms with van der Waals surface area (Å²) in [5.74, 6) is -1.61. The normalized spacial score (nSPS) is 16.1. The zero-order valence-corrected chi connectivity index (χ0v) is 11.0. The van der Waals surface area contributed by atoms with Crippen LogP contribution in [0.5, 0.6) is 0 Å². The van der Waals surface area contributed by atoms with Gasteiger partial charge in [0.05, 0.1) is 6.20 Å². The number of amides is 2. The molecule has 20 heavy (non-hydrogen) atoms. The number of nitrogens with zero attached hydrogens (tertiary/aromatic N) is 5. The number of likely N-dealkylation sites (N-methyl/N-ethyl adjacent to an activating group) is 1. The van der Waals surface area contributed by atoms with Gasteiger partial charge < -0.3 is 14.9 Å². The molecule has 108 valence electrons. The van der Waals surface area contributed by atoms with Crippen LogP contribution in [-0.2, 0) is 16.1 Å². The van der Waals surface area contributed by atoms with E-state index >= 15 is 0 Å². The number of rotatable bonds is 3. The second-order valence-corrected chi connectivity index (χ2v) is 4.59. The molecule has 0 spiro atoms. The molecule has 1 aromatic heterocycles. The third-order valence-corrected chi connectivity index (χ3v) is 3.02. The molecule has 0 saturated carbocycles. The lowest BCUT2D eigenvalue weighted by molar-refractivity contribution is -0.138. The van der Waals surface area contributed by atoms with E-state index < -0.39 is 11.9 Å². The Balaban J connectivity index is 2.08. The third kappa shape index (κ3) is 3.11. The Morgan fingerprint density at radius 3 is 2.85 bits per heavy atom. The zero-order valence-electron chi connectivity index (χ0n) is 11.0. The van der Waals surface area contributed by atoms with Crippen molar-refractivity contribution in [2.45, 2.75) is 13.0 Å². The first-order chi connectivity index (χ1) is 9.47. The molecule has 0 bridgehead atoms. The molecule has 0 radical (unpaired) electrons. The van der Waals surface area contributed by atoms with Crippen LogP contribution < -0.4 is 0 Å². The van der Waals surface area contributed by atoms with E-state index in [-0.39, 0.29) is 24.7 Å². The lowest BCUT2D eigenvalue weighted by Gasteiger charge is -2.18. The Morgan fingerprint density at radius 1 is 1.40 bits per heavy atom. The van der Waals surface area contributed by atoms with Gasteiger partial charge >= 0.3 is 5.97 Å². The Labute approximate surface area is 114 Å². The van der Waals surface area contributed by atoms with Gasteiger partial charge in [-0.25, -0.2) is 4.68 Å². The molecule has 0 aliphatic carbocycles. The van der Waals surface area contributed by atoms with E-state index in [1.54, 1.807) is 11.9 Å². The van der Waals surface area contributed by atoms with Crippen molar-refractivity contribution in [1.29, 1.82) is 0 Å². The van der Waals surface area contributed by atoms with Crippen molar-refractivity contribution in [2.75, 3.05) is 26.7 Å². The van der Waals surface area contributed by atoms with Crippen LogP contribution in [-0.4, -0.2) is 74.4 Å². The second kappa shape index (κ2) is 5.68. The number of aromatic nitrogens is 3. The van der Waals surface area contributed by atoms with E-state index in [2.05, 4.69) is 10.3 Å². The van der Waals surface area contributed by atoms with Crippen LogP contribution in [0.25, 0.3) is 0 Å². The van der Waals surface area contributed by atoms with E-state index in [9.17, 15) is 14.4 Å². The highest BCUT2D eigenvalue weighted by molar-refractivity contribution is 5.94. The van der Waals surface area contributed by atoms with Gasteiger partial charge in [0, 0.05) is 20.1 Å². The van der Waals surface area contributed by atoms with E-state index in [4.69, 9.17) is 5.11 Å². The molecule has 2 amide bonds. The van der Waals surface area contributed by atoms with E-state index in [1.807, 2.05) is 0 Å². The van der Waals surface area contributed by atoms with E-state index in [1.165, 1.54) is 11.1 Å². The largest absolute Gasteiger partial charge is 0.480 e. The Morgan fingerprint density at radius 2 is 2.15 bits per heavy atom. The van der Waals surface area contributed by atoms with Crippen molar-refractivity contribution >= 4 is 17.8 Å². The molecule has 1 aromatic rings. The highest BCUT2D eigenvalue weighted by Gasteiger charge is 2.25. The van der Waals surface area contributed by atoms with Crippen LogP contribution in [0.3, 0.4) is 0 Å². The minimum atomic E-state index is -1.07. The average Bonchev–Trinajstić information content (AvgIpc) is 2.76. The minimum absolute atomic E-state index is 0.00111. The maximum Gasteiger partial charge on any atom is 0.325 e. The molecule has 0 atom stereocenters. The summed E-state index contributed by atoms with van der Waals surface area (Å²) in [5, 5.41) is 15.9. The van der Waals surface area contributed by atoms with Crippen LogP contribution in [0, 0.1) is 0 Å². The van der Waals surface area contributed by atoms with Gasteiger partial charge in [0.25, 0.3) is 5.91 Å². The molecule has 1 saturated heterocycles. The maximum atomic E-state index is 12.2. The third-order valence-electron chi connectivity index (χ3n) is 3.02. The number of aliphatic carboxylic acids is 1. The van der Waals surface area contributed by atoms with Gasteiger partial charge in [-0.3, -0.25) is 14.4 Å². The topological polar surface area (TPSA) is 109 Å². The fourth-order valence-corrected chi connectivity index (χ4v) is 1.93. The van der Waals surface area contributed by atoms with E-state index in [0.29, 0.717) is 19.5 Å². The Bertz CT molecular complexity index is 541. The van der Waals surface area contributed by atoms with Crippen molar-refractivity contribution in [3.05, 3.63) is 11.9 Å². The minimum Gasteiger partial charge on any atom is -0.480 e. The molecule has 1 aliphatic rings. The number of hydrogen-bond acceptors (Lipinski definition) is 5. The number of carbonyl (C=O) groups excluding carboxylic acids is 2. The average molecular weight is 281 g/mol. The number of carboxylic acids is 1. The number of carbonyl (C=O) groups is 3. The summed E-state index contributed by atoms with van der Waals surface area (Å²) in [4.78, 5) is 37.4. The maximum absolute atomic E-state index is 12.2. The predicted molar refractivity (Wildman–Crippen MR) is 65.8 cm³/mol. The number of hydrogen-bond donors (Lipinski definition) is 1. The summed E-state index contributed by atoms with van der Waals surface area (Å²) >= 11 is 0. The second-order valence-electron chi connectivity index (χ2n) is 4.59. The SMILES string of the molecule is CN1CCCN(C(=O)c2cn(CC(=O)O)nn2)CC1=O. The van der Waals surface area contributed by atoms with Gasteiger partial charge in [0.1, 0.15) is 13.1 Å². The summed E-state index contributed by atoms with van der Waals surface area (Å²) in [6.07, 6.45) is 1.97. The molecule has 2 rings (SSSR count). The Hall–Kier alpha value is -2.45. The quantitative estimate of drug-likeness (QED) is 0.735. The fraction of sp³-hybridized carbons (Fsp3) is 0.545. The molecular formula is C11H15N5O4. The molecule has 1 N–H and O–H groups in total. The van der Waals surface area contributed by atoms with Gasteiger partial charge in [-0.05, 0) is 6.42 Å². The Kier molecular flexibility index (Phi) is 3.97. The van der Waals surface area contributed by atoms with E-state index in [0.717, 1.165) is 4.68 Å². The molecule has 1 fully saturated rings. The van der Waals surface area contributed by atoms with Gasteiger partial charge in [-0.1, -0.05) is 5.21 Å². The summed E-state index contributed by atoms with van der Waals surface area (Å²) < 4.78 is 1.07. The lowest BCUT2D eigenvalue weighted by atomic mass is 10.3. The molecular weight excluding hydrogens is 266 g/mol. The first-order valence-electron chi connectivity index (χ1n) is 6.12. The molecule has 2 heterocycles. The summed E-state index contributed by atoms with van der Waals surface area (Å²) in [7, 11) is 1.69. The van der Waals surface area contributed by atoms with Crippen LogP contribution in [0.1, 0.15) is 16.9 Å². The lowest BCUT2D eigenvalue weighted by Crippen LogP contribution is -2.38. The fourth-order valence-electron chi connectivity index (χ4n) is 1.93. The van der Waals surface area contributed by atoms with Gasteiger partial charge in [0.15, 0.2) is 5.69 Å². The van der Waals surface area contributed by atoms with Crippen molar-refractivity contribution in [3.8, 4) is 0 Å². The molecule has 0 aromatic carbocycles. The molecule has 9 heteroatoms.